The lowest BCUT2D eigenvalue weighted by molar-refractivity contribution is 0.588. The molecule has 96 valence electrons. The minimum atomic E-state index is -0.171. The Balaban J connectivity index is 2.26. The van der Waals surface area contributed by atoms with E-state index in [2.05, 4.69) is 26.6 Å². The van der Waals surface area contributed by atoms with Gasteiger partial charge in [-0.25, -0.2) is 4.39 Å². The first-order valence-corrected chi connectivity index (χ1v) is 7.44. The van der Waals surface area contributed by atoms with Gasteiger partial charge in [0.1, 0.15) is 5.82 Å². The molecule has 1 unspecified atom stereocenters. The number of rotatable bonds is 4. The van der Waals surface area contributed by atoms with Crippen molar-refractivity contribution < 1.29 is 4.39 Å². The van der Waals surface area contributed by atoms with Crippen molar-refractivity contribution >= 4 is 27.3 Å². The van der Waals surface area contributed by atoms with Gasteiger partial charge in [0.05, 0.1) is 0 Å². The number of nitrogens with one attached hydrogen (secondary N) is 1. The minimum Gasteiger partial charge on any atom is -0.312 e. The first-order chi connectivity index (χ1) is 8.61. The third kappa shape index (κ3) is 2.99. The molecule has 0 aliphatic rings. The molecule has 0 saturated heterocycles. The van der Waals surface area contributed by atoms with Gasteiger partial charge in [0.15, 0.2) is 0 Å². The molecule has 0 aliphatic heterocycles. The Hall–Kier alpha value is -0.710. The summed E-state index contributed by atoms with van der Waals surface area (Å²) in [6, 6.07) is 7.22. The minimum absolute atomic E-state index is 0.171. The number of aryl methyl sites for hydroxylation is 1. The second kappa shape index (κ2) is 5.95. The highest BCUT2D eigenvalue weighted by Gasteiger charge is 2.16. The molecule has 0 amide bonds. The lowest BCUT2D eigenvalue weighted by Crippen LogP contribution is -2.18. The summed E-state index contributed by atoms with van der Waals surface area (Å²) in [5, 5.41) is 5.36. The SMILES string of the molecule is CNC(Cc1cc(F)ccc1C)c1sccc1Br. The van der Waals surface area contributed by atoms with Crippen LogP contribution in [0.2, 0.25) is 0 Å². The van der Waals surface area contributed by atoms with E-state index in [4.69, 9.17) is 0 Å². The molecule has 2 aromatic rings. The van der Waals surface area contributed by atoms with E-state index >= 15 is 0 Å². The summed E-state index contributed by atoms with van der Waals surface area (Å²) < 4.78 is 14.4. The fourth-order valence-corrected chi connectivity index (χ4v) is 3.72. The highest BCUT2D eigenvalue weighted by atomic mass is 79.9. The summed E-state index contributed by atoms with van der Waals surface area (Å²) >= 11 is 5.26. The van der Waals surface area contributed by atoms with Crippen LogP contribution in [0.4, 0.5) is 4.39 Å². The van der Waals surface area contributed by atoms with Crippen LogP contribution >= 0.6 is 27.3 Å². The van der Waals surface area contributed by atoms with Crippen molar-refractivity contribution in [2.24, 2.45) is 0 Å². The third-order valence-electron chi connectivity index (χ3n) is 3.04. The maximum Gasteiger partial charge on any atom is 0.123 e. The van der Waals surface area contributed by atoms with Gasteiger partial charge in [0.25, 0.3) is 0 Å². The van der Waals surface area contributed by atoms with E-state index in [0.29, 0.717) is 0 Å². The molecule has 0 bridgehead atoms. The molecule has 18 heavy (non-hydrogen) atoms. The average Bonchev–Trinajstić information content (AvgIpc) is 2.77. The maximum absolute atomic E-state index is 13.3. The summed E-state index contributed by atoms with van der Waals surface area (Å²) in [6.45, 7) is 2.02. The zero-order valence-corrected chi connectivity index (χ0v) is 12.7. The van der Waals surface area contributed by atoms with Crippen molar-refractivity contribution in [3.8, 4) is 0 Å². The highest BCUT2D eigenvalue weighted by molar-refractivity contribution is 9.10. The topological polar surface area (TPSA) is 12.0 Å². The smallest absolute Gasteiger partial charge is 0.123 e. The molecule has 0 spiro atoms. The Morgan fingerprint density at radius 1 is 1.39 bits per heavy atom. The van der Waals surface area contributed by atoms with Crippen LogP contribution in [0, 0.1) is 12.7 Å². The van der Waals surface area contributed by atoms with Gasteiger partial charge in [0, 0.05) is 15.4 Å². The summed E-state index contributed by atoms with van der Waals surface area (Å²) in [5.41, 5.74) is 2.18. The van der Waals surface area contributed by atoms with Crippen LogP contribution in [0.25, 0.3) is 0 Å². The fraction of sp³-hybridized carbons (Fsp3) is 0.286. The van der Waals surface area contributed by atoms with E-state index in [1.54, 1.807) is 17.4 Å². The summed E-state index contributed by atoms with van der Waals surface area (Å²) in [4.78, 5) is 1.25. The molecule has 1 N–H and O–H groups in total. The molecule has 1 aromatic carbocycles. The first-order valence-electron chi connectivity index (χ1n) is 5.77. The molecule has 2 rings (SSSR count). The lowest BCUT2D eigenvalue weighted by Gasteiger charge is -2.17. The van der Waals surface area contributed by atoms with Gasteiger partial charge in [-0.1, -0.05) is 6.07 Å². The van der Waals surface area contributed by atoms with Gasteiger partial charge >= 0.3 is 0 Å². The second-order valence-electron chi connectivity index (χ2n) is 4.25. The number of thiophene rings is 1. The molecule has 4 heteroatoms. The van der Waals surface area contributed by atoms with Crippen molar-refractivity contribution in [2.75, 3.05) is 7.05 Å². The third-order valence-corrected chi connectivity index (χ3v) is 5.03. The molecular weight excluding hydrogens is 313 g/mol. The number of hydrogen-bond acceptors (Lipinski definition) is 2. The van der Waals surface area contributed by atoms with Crippen LogP contribution in [-0.2, 0) is 6.42 Å². The molecule has 0 radical (unpaired) electrons. The van der Waals surface area contributed by atoms with Crippen molar-refractivity contribution in [3.63, 3.8) is 0 Å². The van der Waals surface area contributed by atoms with Gasteiger partial charge in [-0.15, -0.1) is 11.3 Å². The van der Waals surface area contributed by atoms with Crippen LogP contribution in [0.5, 0.6) is 0 Å². The molecule has 1 aromatic heterocycles. The van der Waals surface area contributed by atoms with Crippen molar-refractivity contribution in [2.45, 2.75) is 19.4 Å². The van der Waals surface area contributed by atoms with E-state index in [0.717, 1.165) is 22.0 Å². The Bertz CT molecular complexity index is 538. The predicted molar refractivity (Wildman–Crippen MR) is 78.7 cm³/mol. The zero-order chi connectivity index (χ0) is 13.1. The largest absolute Gasteiger partial charge is 0.312 e. The average molecular weight is 328 g/mol. The van der Waals surface area contributed by atoms with Gasteiger partial charge < -0.3 is 5.32 Å². The molecular formula is C14H15BrFNS. The Morgan fingerprint density at radius 3 is 2.78 bits per heavy atom. The van der Waals surface area contributed by atoms with Crippen LogP contribution in [0.1, 0.15) is 22.0 Å². The molecule has 1 atom stereocenters. The molecule has 1 heterocycles. The van der Waals surface area contributed by atoms with E-state index in [1.165, 1.54) is 10.9 Å². The number of benzene rings is 1. The Kier molecular flexibility index (Phi) is 4.54. The fourth-order valence-electron chi connectivity index (χ4n) is 1.96. The van der Waals surface area contributed by atoms with Gasteiger partial charge in [0.2, 0.25) is 0 Å². The monoisotopic (exact) mass is 327 g/mol. The summed E-state index contributed by atoms with van der Waals surface area (Å²) in [7, 11) is 1.94. The van der Waals surface area contributed by atoms with E-state index in [-0.39, 0.29) is 11.9 Å². The number of halogens is 2. The van der Waals surface area contributed by atoms with Gasteiger partial charge in [-0.05, 0) is 71.0 Å². The Labute approximate surface area is 119 Å². The van der Waals surface area contributed by atoms with Gasteiger partial charge in [-0.3, -0.25) is 0 Å². The molecule has 0 aliphatic carbocycles. The molecule has 0 saturated carbocycles. The molecule has 0 fully saturated rings. The van der Waals surface area contributed by atoms with Crippen molar-refractivity contribution in [1.29, 1.82) is 0 Å². The summed E-state index contributed by atoms with van der Waals surface area (Å²) in [5.74, 6) is -0.171. The first kappa shape index (κ1) is 13.7. The van der Waals surface area contributed by atoms with Crippen LogP contribution in [-0.4, -0.2) is 7.05 Å². The number of hydrogen-bond donors (Lipinski definition) is 1. The van der Waals surface area contributed by atoms with Crippen molar-refractivity contribution in [1.82, 2.24) is 5.32 Å². The molecule has 1 nitrogen and oxygen atoms in total. The van der Waals surface area contributed by atoms with Gasteiger partial charge in [-0.2, -0.15) is 0 Å². The van der Waals surface area contributed by atoms with Crippen molar-refractivity contribution in [3.05, 3.63) is 55.9 Å². The normalized spacial score (nSPS) is 12.7. The summed E-state index contributed by atoms with van der Waals surface area (Å²) in [6.07, 6.45) is 0.791. The predicted octanol–water partition coefficient (Wildman–Crippen LogP) is 4.46. The maximum atomic E-state index is 13.3. The lowest BCUT2D eigenvalue weighted by atomic mass is 10.00. The van der Waals surface area contributed by atoms with E-state index < -0.39 is 0 Å². The Morgan fingerprint density at radius 2 is 2.17 bits per heavy atom. The quantitative estimate of drug-likeness (QED) is 0.874. The van der Waals surface area contributed by atoms with E-state index in [9.17, 15) is 4.39 Å². The second-order valence-corrected chi connectivity index (χ2v) is 6.05. The van der Waals surface area contributed by atoms with Crippen LogP contribution < -0.4 is 5.32 Å². The van der Waals surface area contributed by atoms with Crippen LogP contribution in [0.15, 0.2) is 34.1 Å². The standard InChI is InChI=1S/C14H15BrFNS/c1-9-3-4-11(16)7-10(9)8-13(17-2)14-12(15)5-6-18-14/h3-7,13,17H,8H2,1-2H3. The van der Waals surface area contributed by atoms with Crippen LogP contribution in [0.3, 0.4) is 0 Å². The number of likely N-dealkylation sites (N-methyl/N-ethyl adjacent to an activating group) is 1. The van der Waals surface area contributed by atoms with E-state index in [1.807, 2.05) is 26.1 Å². The highest BCUT2D eigenvalue weighted by Crippen LogP contribution is 2.31. The zero-order valence-electron chi connectivity index (χ0n) is 10.3.